The van der Waals surface area contributed by atoms with Crippen molar-refractivity contribution in [2.75, 3.05) is 31.2 Å². The predicted octanol–water partition coefficient (Wildman–Crippen LogP) is 2.36. The fourth-order valence-electron chi connectivity index (χ4n) is 2.35. The minimum Gasteiger partial charge on any atom is -0.397 e. The van der Waals surface area contributed by atoms with Crippen LogP contribution in [0.3, 0.4) is 0 Å². The summed E-state index contributed by atoms with van der Waals surface area (Å²) in [6.45, 7) is 3.45. The normalized spacial score (nSPS) is 19.7. The highest BCUT2D eigenvalue weighted by Gasteiger charge is 2.24. The van der Waals surface area contributed by atoms with Gasteiger partial charge in [0.15, 0.2) is 0 Å². The molecule has 116 valence electrons. The van der Waals surface area contributed by atoms with Gasteiger partial charge in [0.2, 0.25) is 5.91 Å². The average molecular weight is 312 g/mol. The van der Waals surface area contributed by atoms with Crippen LogP contribution in [-0.4, -0.2) is 43.2 Å². The summed E-state index contributed by atoms with van der Waals surface area (Å²) in [7, 11) is 1.93. The van der Waals surface area contributed by atoms with Crippen LogP contribution in [0, 0.1) is 0 Å². The third-order valence-electron chi connectivity index (χ3n) is 3.83. The van der Waals surface area contributed by atoms with Gasteiger partial charge in [0, 0.05) is 18.2 Å². The number of nitrogen functional groups attached to an aromatic ring is 1. The highest BCUT2D eigenvalue weighted by Crippen LogP contribution is 2.23. The minimum absolute atomic E-state index is 0.0930. The Morgan fingerprint density at radius 3 is 3.00 bits per heavy atom. The Bertz CT molecular complexity index is 504. The molecule has 0 saturated carbocycles. The molecule has 2 atom stereocenters. The lowest BCUT2D eigenvalue weighted by Crippen LogP contribution is -2.43. The smallest absolute Gasteiger partial charge is 0.241 e. The van der Waals surface area contributed by atoms with Crippen LogP contribution < -0.4 is 11.1 Å². The lowest BCUT2D eigenvalue weighted by atomic mass is 10.2. The van der Waals surface area contributed by atoms with E-state index in [0.717, 1.165) is 26.0 Å². The molecule has 3 N–H and O–H groups in total. The molecule has 21 heavy (non-hydrogen) atoms. The fourth-order valence-corrected chi connectivity index (χ4v) is 2.53. The molecule has 1 aliphatic heterocycles. The lowest BCUT2D eigenvalue weighted by Gasteiger charge is -2.26. The molecule has 0 radical (unpaired) electrons. The molecule has 1 aromatic rings. The second-order valence-electron chi connectivity index (χ2n) is 5.47. The van der Waals surface area contributed by atoms with E-state index in [1.165, 1.54) is 0 Å². The highest BCUT2D eigenvalue weighted by atomic mass is 35.5. The average Bonchev–Trinajstić information content (AvgIpc) is 2.93. The fraction of sp³-hybridized carbons (Fsp3) is 0.533. The monoisotopic (exact) mass is 311 g/mol. The molecule has 1 amide bonds. The second-order valence-corrected chi connectivity index (χ2v) is 5.91. The Labute approximate surface area is 130 Å². The SMILES string of the molecule is CC(C(=O)Nc1ccc(Cl)cc1N)N(C)CC1CCCO1. The molecule has 1 saturated heterocycles. The van der Waals surface area contributed by atoms with Crippen molar-refractivity contribution in [3.63, 3.8) is 0 Å². The Morgan fingerprint density at radius 2 is 2.38 bits per heavy atom. The van der Waals surface area contributed by atoms with Crippen LogP contribution in [0.25, 0.3) is 0 Å². The Balaban J connectivity index is 1.91. The maximum atomic E-state index is 12.3. The number of carbonyl (C=O) groups excluding carboxylic acids is 1. The quantitative estimate of drug-likeness (QED) is 0.819. The molecule has 0 aromatic heterocycles. The van der Waals surface area contributed by atoms with E-state index in [1.54, 1.807) is 18.2 Å². The van der Waals surface area contributed by atoms with Crippen LogP contribution in [0.5, 0.6) is 0 Å². The number of hydrogen-bond donors (Lipinski definition) is 2. The summed E-state index contributed by atoms with van der Waals surface area (Å²) >= 11 is 5.85. The summed E-state index contributed by atoms with van der Waals surface area (Å²) in [5.41, 5.74) is 6.89. The number of likely N-dealkylation sites (N-methyl/N-ethyl adjacent to an activating group) is 1. The van der Waals surface area contributed by atoms with E-state index in [1.807, 2.05) is 18.9 Å². The number of rotatable bonds is 5. The first-order valence-corrected chi connectivity index (χ1v) is 7.53. The number of carbonyl (C=O) groups is 1. The van der Waals surface area contributed by atoms with E-state index in [-0.39, 0.29) is 18.1 Å². The maximum Gasteiger partial charge on any atom is 0.241 e. The molecule has 0 spiro atoms. The number of hydrogen-bond acceptors (Lipinski definition) is 4. The number of halogens is 1. The Morgan fingerprint density at radius 1 is 1.62 bits per heavy atom. The van der Waals surface area contributed by atoms with Gasteiger partial charge < -0.3 is 15.8 Å². The van der Waals surface area contributed by atoms with Gasteiger partial charge in [0.25, 0.3) is 0 Å². The summed E-state index contributed by atoms with van der Waals surface area (Å²) in [4.78, 5) is 14.3. The Hall–Kier alpha value is -1.30. The van der Waals surface area contributed by atoms with E-state index < -0.39 is 0 Å². The van der Waals surface area contributed by atoms with Crippen LogP contribution in [0.2, 0.25) is 5.02 Å². The van der Waals surface area contributed by atoms with E-state index in [4.69, 9.17) is 22.1 Å². The lowest BCUT2D eigenvalue weighted by molar-refractivity contribution is -0.120. The van der Waals surface area contributed by atoms with Crippen LogP contribution in [0.15, 0.2) is 18.2 Å². The number of amides is 1. The van der Waals surface area contributed by atoms with Crippen LogP contribution in [0.4, 0.5) is 11.4 Å². The highest BCUT2D eigenvalue weighted by molar-refractivity contribution is 6.31. The van der Waals surface area contributed by atoms with Crippen molar-refractivity contribution >= 4 is 28.9 Å². The van der Waals surface area contributed by atoms with Crippen LogP contribution in [-0.2, 0) is 9.53 Å². The molecular formula is C15H22ClN3O2. The van der Waals surface area contributed by atoms with Crippen molar-refractivity contribution in [2.45, 2.75) is 31.9 Å². The van der Waals surface area contributed by atoms with Crippen molar-refractivity contribution in [1.82, 2.24) is 4.90 Å². The first-order chi connectivity index (χ1) is 9.97. The van der Waals surface area contributed by atoms with Crippen molar-refractivity contribution < 1.29 is 9.53 Å². The third-order valence-corrected chi connectivity index (χ3v) is 4.06. The molecule has 0 aliphatic carbocycles. The number of anilines is 2. The minimum atomic E-state index is -0.260. The summed E-state index contributed by atoms with van der Waals surface area (Å²) in [5.74, 6) is -0.0930. The topological polar surface area (TPSA) is 67.6 Å². The van der Waals surface area contributed by atoms with Crippen LogP contribution >= 0.6 is 11.6 Å². The van der Waals surface area contributed by atoms with E-state index in [9.17, 15) is 4.79 Å². The molecule has 1 fully saturated rings. The largest absolute Gasteiger partial charge is 0.397 e. The summed E-state index contributed by atoms with van der Waals surface area (Å²) in [6.07, 6.45) is 2.38. The van der Waals surface area contributed by atoms with Crippen molar-refractivity contribution in [3.05, 3.63) is 23.2 Å². The van der Waals surface area contributed by atoms with E-state index in [0.29, 0.717) is 16.4 Å². The van der Waals surface area contributed by atoms with Crippen molar-refractivity contribution in [2.24, 2.45) is 0 Å². The third kappa shape index (κ3) is 4.33. The second kappa shape index (κ2) is 7.11. The summed E-state index contributed by atoms with van der Waals surface area (Å²) in [5, 5.41) is 3.39. The van der Waals surface area contributed by atoms with Gasteiger partial charge in [-0.3, -0.25) is 9.69 Å². The van der Waals surface area contributed by atoms with Gasteiger partial charge >= 0.3 is 0 Å². The van der Waals surface area contributed by atoms with Gasteiger partial charge in [0.1, 0.15) is 0 Å². The molecule has 0 bridgehead atoms. The van der Waals surface area contributed by atoms with Gasteiger partial charge in [-0.05, 0) is 45.0 Å². The molecule has 1 aliphatic rings. The Kier molecular flexibility index (Phi) is 5.45. The summed E-state index contributed by atoms with van der Waals surface area (Å²) < 4.78 is 5.60. The standard InChI is InChI=1S/C15H22ClN3O2/c1-10(19(2)9-12-4-3-7-21-12)15(20)18-14-6-5-11(16)8-13(14)17/h5-6,8,10,12H,3-4,7,9,17H2,1-2H3,(H,18,20). The molecule has 1 heterocycles. The number of nitrogens with zero attached hydrogens (tertiary/aromatic N) is 1. The molecule has 2 unspecified atom stereocenters. The number of ether oxygens (including phenoxy) is 1. The number of nitrogens with one attached hydrogen (secondary N) is 1. The van der Waals surface area contributed by atoms with Gasteiger partial charge in [-0.2, -0.15) is 0 Å². The molecular weight excluding hydrogens is 290 g/mol. The zero-order valence-corrected chi connectivity index (χ0v) is 13.2. The number of benzene rings is 1. The van der Waals surface area contributed by atoms with Crippen molar-refractivity contribution in [1.29, 1.82) is 0 Å². The zero-order chi connectivity index (χ0) is 15.4. The van der Waals surface area contributed by atoms with Crippen molar-refractivity contribution in [3.8, 4) is 0 Å². The summed E-state index contributed by atoms with van der Waals surface area (Å²) in [6, 6.07) is 4.78. The number of nitrogens with two attached hydrogens (primary N) is 1. The predicted molar refractivity (Wildman–Crippen MR) is 85.6 cm³/mol. The molecule has 2 rings (SSSR count). The first kappa shape index (κ1) is 16.1. The first-order valence-electron chi connectivity index (χ1n) is 7.15. The van der Waals surface area contributed by atoms with E-state index in [2.05, 4.69) is 5.32 Å². The van der Waals surface area contributed by atoms with Crippen LogP contribution in [0.1, 0.15) is 19.8 Å². The van der Waals surface area contributed by atoms with E-state index >= 15 is 0 Å². The molecule has 1 aromatic carbocycles. The van der Waals surface area contributed by atoms with Gasteiger partial charge in [-0.15, -0.1) is 0 Å². The zero-order valence-electron chi connectivity index (χ0n) is 12.4. The van der Waals surface area contributed by atoms with Gasteiger partial charge in [-0.25, -0.2) is 0 Å². The maximum absolute atomic E-state index is 12.3. The molecule has 5 nitrogen and oxygen atoms in total. The van der Waals surface area contributed by atoms with Gasteiger partial charge in [0.05, 0.1) is 23.5 Å². The van der Waals surface area contributed by atoms with Gasteiger partial charge in [-0.1, -0.05) is 11.6 Å². The molecule has 6 heteroatoms.